The standard InChI is InChI=1S/C6H10O5.3C3H4O2/c7-1-4(2-8)5(3-9)6(10)11;3*1-2-3(4)5/h7-9H,1-3H2,(H,10,11);3*2H,1H2,(H,4,5). The summed E-state index contributed by atoms with van der Waals surface area (Å²) in [4.78, 5) is 38.0. The summed E-state index contributed by atoms with van der Waals surface area (Å²) >= 11 is 0. The van der Waals surface area contributed by atoms with Crippen molar-refractivity contribution >= 4 is 23.9 Å². The van der Waals surface area contributed by atoms with Crippen molar-refractivity contribution in [2.24, 2.45) is 0 Å². The van der Waals surface area contributed by atoms with E-state index in [1.54, 1.807) is 0 Å². The van der Waals surface area contributed by atoms with Crippen molar-refractivity contribution in [3.8, 4) is 0 Å². The summed E-state index contributed by atoms with van der Waals surface area (Å²) in [6, 6.07) is 0. The molecule has 26 heavy (non-hydrogen) atoms. The van der Waals surface area contributed by atoms with Crippen molar-refractivity contribution in [1.82, 2.24) is 0 Å². The molecule has 0 spiro atoms. The Morgan fingerprint density at radius 2 is 0.846 bits per heavy atom. The molecule has 0 aromatic carbocycles. The van der Waals surface area contributed by atoms with Crippen LogP contribution in [0.5, 0.6) is 0 Å². The number of aliphatic hydroxyl groups excluding tert-OH is 3. The predicted molar refractivity (Wildman–Crippen MR) is 89.4 cm³/mol. The molecule has 0 saturated heterocycles. The van der Waals surface area contributed by atoms with Crippen molar-refractivity contribution in [1.29, 1.82) is 0 Å². The van der Waals surface area contributed by atoms with E-state index < -0.39 is 43.7 Å². The number of hydrogen-bond acceptors (Lipinski definition) is 7. The normalized spacial score (nSPS) is 7.65. The lowest BCUT2D eigenvalue weighted by atomic mass is 10.1. The maximum atomic E-state index is 10.2. The fourth-order valence-corrected chi connectivity index (χ4v) is 0.572. The fraction of sp³-hybridized carbons (Fsp3) is 0.200. The molecule has 0 radical (unpaired) electrons. The summed E-state index contributed by atoms with van der Waals surface area (Å²) in [6.07, 6.45) is 2.50. The highest BCUT2D eigenvalue weighted by Crippen LogP contribution is 2.02. The Morgan fingerprint density at radius 3 is 0.885 bits per heavy atom. The zero-order chi connectivity index (χ0) is 21.7. The molecule has 11 heteroatoms. The largest absolute Gasteiger partial charge is 0.478 e. The molecule has 0 atom stereocenters. The van der Waals surface area contributed by atoms with Crippen molar-refractivity contribution in [3.63, 3.8) is 0 Å². The molecule has 0 aromatic heterocycles. The Morgan fingerprint density at radius 1 is 0.615 bits per heavy atom. The highest BCUT2D eigenvalue weighted by molar-refractivity contribution is 5.87. The number of carbonyl (C=O) groups is 4. The van der Waals surface area contributed by atoms with Gasteiger partial charge in [0.2, 0.25) is 0 Å². The summed E-state index contributed by atoms with van der Waals surface area (Å²) < 4.78 is 0. The van der Waals surface area contributed by atoms with Gasteiger partial charge in [0.1, 0.15) is 0 Å². The molecule has 0 rings (SSSR count). The van der Waals surface area contributed by atoms with Gasteiger partial charge in [-0.05, 0) is 5.57 Å². The van der Waals surface area contributed by atoms with E-state index in [0.29, 0.717) is 0 Å². The minimum absolute atomic E-state index is 0.0694. The van der Waals surface area contributed by atoms with Crippen LogP contribution in [0.3, 0.4) is 0 Å². The number of aliphatic carboxylic acids is 4. The van der Waals surface area contributed by atoms with E-state index >= 15 is 0 Å². The number of rotatable bonds is 7. The van der Waals surface area contributed by atoms with Gasteiger partial charge in [0, 0.05) is 18.2 Å². The van der Waals surface area contributed by atoms with Crippen LogP contribution in [0.2, 0.25) is 0 Å². The van der Waals surface area contributed by atoms with Crippen LogP contribution in [0.1, 0.15) is 0 Å². The van der Waals surface area contributed by atoms with Gasteiger partial charge in [-0.1, -0.05) is 19.7 Å². The highest BCUT2D eigenvalue weighted by Gasteiger charge is 2.11. The SMILES string of the molecule is C=CC(=O)O.C=CC(=O)O.C=CC(=O)O.O=C(O)C(CO)=C(CO)CO. The van der Waals surface area contributed by atoms with Crippen LogP contribution in [0.25, 0.3) is 0 Å². The Hall–Kier alpha value is -3.28. The van der Waals surface area contributed by atoms with Gasteiger partial charge in [0.15, 0.2) is 0 Å². The molecule has 0 aliphatic heterocycles. The molecule has 11 nitrogen and oxygen atoms in total. The molecule has 0 aromatic rings. The minimum atomic E-state index is -1.33. The molecule has 0 fully saturated rings. The van der Waals surface area contributed by atoms with Crippen LogP contribution >= 0.6 is 0 Å². The smallest absolute Gasteiger partial charge is 0.334 e. The quantitative estimate of drug-likeness (QED) is 0.270. The van der Waals surface area contributed by atoms with Gasteiger partial charge in [-0.15, -0.1) is 0 Å². The number of carboxylic acid groups (broad SMARTS) is 4. The summed E-state index contributed by atoms with van der Waals surface area (Å²) in [5.74, 6) is -4.27. The molecule has 0 aliphatic rings. The van der Waals surface area contributed by atoms with E-state index in [1.807, 2.05) is 0 Å². The monoisotopic (exact) mass is 378 g/mol. The van der Waals surface area contributed by atoms with Crippen LogP contribution < -0.4 is 0 Å². The second-order valence-corrected chi connectivity index (χ2v) is 3.49. The van der Waals surface area contributed by atoms with Gasteiger partial charge in [-0.2, -0.15) is 0 Å². The Kier molecular flexibility index (Phi) is 25.6. The van der Waals surface area contributed by atoms with Gasteiger partial charge >= 0.3 is 23.9 Å². The van der Waals surface area contributed by atoms with Gasteiger partial charge in [0.05, 0.1) is 25.4 Å². The van der Waals surface area contributed by atoms with Crippen LogP contribution in [-0.2, 0) is 19.2 Å². The van der Waals surface area contributed by atoms with Gasteiger partial charge < -0.3 is 35.7 Å². The summed E-state index contributed by atoms with van der Waals surface area (Å²) in [5, 5.41) is 56.6. The first-order valence-corrected chi connectivity index (χ1v) is 6.31. The van der Waals surface area contributed by atoms with Crippen molar-refractivity contribution in [3.05, 3.63) is 49.1 Å². The van der Waals surface area contributed by atoms with E-state index in [1.165, 1.54) is 0 Å². The Labute approximate surface area is 148 Å². The molecule has 148 valence electrons. The molecule has 7 N–H and O–H groups in total. The Bertz CT molecular complexity index is 469. The van der Waals surface area contributed by atoms with Gasteiger partial charge in [-0.25, -0.2) is 19.2 Å². The lowest BCUT2D eigenvalue weighted by molar-refractivity contribution is -0.133. The number of carboxylic acids is 4. The first-order valence-electron chi connectivity index (χ1n) is 6.31. The molecular weight excluding hydrogens is 356 g/mol. The summed E-state index contributed by atoms with van der Waals surface area (Å²) in [5.41, 5.74) is -0.421. The maximum Gasteiger partial charge on any atom is 0.334 e. The molecule has 0 bridgehead atoms. The molecular formula is C15H22O11. The highest BCUT2D eigenvalue weighted by atomic mass is 16.4. The zero-order valence-corrected chi connectivity index (χ0v) is 13.7. The van der Waals surface area contributed by atoms with E-state index in [2.05, 4.69) is 19.7 Å². The lowest BCUT2D eigenvalue weighted by Gasteiger charge is -2.03. The third-order valence-electron chi connectivity index (χ3n) is 1.75. The topological polar surface area (TPSA) is 210 Å². The van der Waals surface area contributed by atoms with Crippen molar-refractivity contribution in [2.75, 3.05) is 19.8 Å². The fourth-order valence-electron chi connectivity index (χ4n) is 0.572. The van der Waals surface area contributed by atoms with E-state index in [4.69, 9.17) is 35.7 Å². The second kappa shape index (κ2) is 21.7. The molecule has 0 aliphatic carbocycles. The average Bonchev–Trinajstić information content (AvgIpc) is 2.60. The third-order valence-corrected chi connectivity index (χ3v) is 1.75. The molecule has 0 saturated carbocycles. The third kappa shape index (κ3) is 28.8. The minimum Gasteiger partial charge on any atom is -0.478 e. The van der Waals surface area contributed by atoms with Crippen LogP contribution in [0.15, 0.2) is 49.1 Å². The first kappa shape index (κ1) is 30.6. The number of hydrogen-bond donors (Lipinski definition) is 7. The maximum absolute atomic E-state index is 10.2. The predicted octanol–water partition coefficient (Wildman–Crippen LogP) is -0.884. The zero-order valence-electron chi connectivity index (χ0n) is 13.7. The molecule has 0 amide bonds. The van der Waals surface area contributed by atoms with E-state index in [9.17, 15) is 19.2 Å². The Balaban J connectivity index is -0.000000136. The van der Waals surface area contributed by atoms with Gasteiger partial charge in [0.25, 0.3) is 0 Å². The summed E-state index contributed by atoms with van der Waals surface area (Å²) in [7, 11) is 0. The molecule has 0 heterocycles. The van der Waals surface area contributed by atoms with E-state index in [0.717, 1.165) is 18.2 Å². The lowest BCUT2D eigenvalue weighted by Crippen LogP contribution is -2.12. The second-order valence-electron chi connectivity index (χ2n) is 3.49. The van der Waals surface area contributed by atoms with E-state index in [-0.39, 0.29) is 11.1 Å². The molecule has 0 unspecified atom stereocenters. The summed E-state index contributed by atoms with van der Waals surface area (Å²) in [6.45, 7) is 7.08. The average molecular weight is 378 g/mol. The number of aliphatic hydroxyl groups is 3. The van der Waals surface area contributed by atoms with Crippen LogP contribution in [0.4, 0.5) is 0 Å². The first-order chi connectivity index (χ1) is 12.0. The van der Waals surface area contributed by atoms with Gasteiger partial charge in [-0.3, -0.25) is 0 Å². The van der Waals surface area contributed by atoms with Crippen LogP contribution in [-0.4, -0.2) is 79.4 Å². The van der Waals surface area contributed by atoms with Crippen molar-refractivity contribution < 1.29 is 54.9 Å². The van der Waals surface area contributed by atoms with Crippen LogP contribution in [0, 0.1) is 0 Å². The van der Waals surface area contributed by atoms with Crippen molar-refractivity contribution in [2.45, 2.75) is 0 Å².